The fraction of sp³-hybridized carbons (Fsp3) is 0.393. The number of primary amides is 1. The molecule has 5 atom stereocenters. The van der Waals surface area contributed by atoms with Gasteiger partial charge in [0.25, 0.3) is 17.7 Å². The average molecular weight is 1170 g/mol. The van der Waals surface area contributed by atoms with Crippen molar-refractivity contribution in [3.05, 3.63) is 126 Å². The number of ketones is 2. The van der Waals surface area contributed by atoms with Crippen LogP contribution in [0, 0.1) is 23.0 Å². The number of benzene rings is 2. The highest BCUT2D eigenvalue weighted by atomic mass is 19.4. The maximum atomic E-state index is 15.4. The topological polar surface area (TPSA) is 327 Å². The number of pyridine rings is 1. The maximum absolute atomic E-state index is 15.4. The standard InChI is InChI=1S/C54H63F2N9O11.C2HF3O2/c1-32(24-44(68)33(2)60-51(74)35-17-21-58-22-18-35)50(73)62-42(27-45(57)69)53(76)61-41(52(75)59-20-9-12-38(67)30-65-46(70)15-16-47(65)71)19-23-64(48(72)31-66)49(54(3,4)5)43-25-36(39-26-37(55)13-14-40(39)56)29-63(43)28-34-10-7-6-8-11-34;3-2(4,5)1(6)7/h6-8,10-11,13-18,21-22,25-26,29,32-33,41-42,49,66H,9,12,19-20,23-24,27-28,30-31H2,1-5H3,(H2,57,69)(H,59,75)(H,60,74)(H,61,76)(H,62,73);(H,6,7)/t32-,33+,41+,42+,49+;/m1./s1. The molecule has 2 aromatic carbocycles. The molecule has 8 amide bonds. The summed E-state index contributed by atoms with van der Waals surface area (Å²) in [4.78, 5) is 146. The summed E-state index contributed by atoms with van der Waals surface area (Å²) in [6.45, 7) is 6.42. The number of hydrogen-bond acceptors (Lipinski definition) is 13. The Kier molecular flexibility index (Phi) is 24.2. The van der Waals surface area contributed by atoms with Gasteiger partial charge in [-0.25, -0.2) is 13.6 Å². The van der Waals surface area contributed by atoms with Gasteiger partial charge >= 0.3 is 12.1 Å². The molecule has 0 fully saturated rings. The summed E-state index contributed by atoms with van der Waals surface area (Å²) in [6, 6.07) is 11.4. The molecule has 5 rings (SSSR count). The molecule has 0 saturated carbocycles. The number of amides is 8. The van der Waals surface area contributed by atoms with Crippen LogP contribution in [0.3, 0.4) is 0 Å². The highest BCUT2D eigenvalue weighted by Crippen LogP contribution is 2.41. The van der Waals surface area contributed by atoms with Crippen molar-refractivity contribution < 1.29 is 84.9 Å². The molecule has 0 radical (unpaired) electrons. The molecule has 0 saturated heterocycles. The zero-order valence-electron chi connectivity index (χ0n) is 45.8. The number of halogens is 5. The number of Topliss-reactive ketones (excluding diaryl/α,β-unsaturated/α-hetero) is 2. The molecule has 0 aliphatic carbocycles. The summed E-state index contributed by atoms with van der Waals surface area (Å²) < 4.78 is 63.5. The quantitative estimate of drug-likeness (QED) is 0.0256. The third kappa shape index (κ3) is 20.2. The van der Waals surface area contributed by atoms with Gasteiger partial charge in [0.2, 0.25) is 29.5 Å². The van der Waals surface area contributed by atoms with Crippen molar-refractivity contribution in [2.75, 3.05) is 26.2 Å². The number of imide groups is 1. The van der Waals surface area contributed by atoms with E-state index in [1.807, 2.05) is 51.1 Å². The molecular weight excluding hydrogens is 1100 g/mol. The van der Waals surface area contributed by atoms with Gasteiger partial charge in [0.05, 0.1) is 25.0 Å². The zero-order valence-corrected chi connectivity index (χ0v) is 45.8. The molecule has 27 heteroatoms. The Morgan fingerprint density at radius 2 is 1.41 bits per heavy atom. The molecule has 0 spiro atoms. The summed E-state index contributed by atoms with van der Waals surface area (Å²) in [7, 11) is 0. The second-order valence-electron chi connectivity index (χ2n) is 20.3. The van der Waals surface area contributed by atoms with E-state index in [0.717, 1.165) is 40.8 Å². The summed E-state index contributed by atoms with van der Waals surface area (Å²) in [5, 5.41) is 27.8. The normalized spacial score (nSPS) is 14.0. The number of nitrogens with zero attached hydrogens (tertiary/aromatic N) is 4. The summed E-state index contributed by atoms with van der Waals surface area (Å²) >= 11 is 0. The van der Waals surface area contributed by atoms with E-state index in [-0.39, 0.29) is 55.6 Å². The number of carboxylic acid groups (broad SMARTS) is 1. The van der Waals surface area contributed by atoms with Crippen molar-refractivity contribution in [3.8, 4) is 11.1 Å². The van der Waals surface area contributed by atoms with Gasteiger partial charge in [-0.3, -0.25) is 57.8 Å². The van der Waals surface area contributed by atoms with E-state index in [2.05, 4.69) is 26.3 Å². The van der Waals surface area contributed by atoms with Crippen LogP contribution >= 0.6 is 0 Å². The first-order chi connectivity index (χ1) is 38.9. The van der Waals surface area contributed by atoms with E-state index in [4.69, 9.17) is 15.6 Å². The van der Waals surface area contributed by atoms with Crippen LogP contribution in [-0.2, 0) is 54.5 Å². The molecule has 4 aromatic rings. The molecule has 1 aliphatic rings. The van der Waals surface area contributed by atoms with Gasteiger partial charge in [-0.2, -0.15) is 13.2 Å². The number of aromatic nitrogens is 2. The molecular formula is C56H64F5N9O13. The summed E-state index contributed by atoms with van der Waals surface area (Å²) in [5.74, 6) is -12.8. The first kappa shape index (κ1) is 66.5. The van der Waals surface area contributed by atoms with E-state index >= 15 is 4.39 Å². The number of aliphatic carboxylic acids is 1. The second kappa shape index (κ2) is 30.2. The summed E-state index contributed by atoms with van der Waals surface area (Å²) in [6.07, 6.45) is -0.291. The molecule has 0 bridgehead atoms. The fourth-order valence-corrected chi connectivity index (χ4v) is 8.53. The minimum absolute atomic E-state index is 0.0196. The molecule has 0 unspecified atom stereocenters. The second-order valence-corrected chi connectivity index (χ2v) is 20.3. The van der Waals surface area contributed by atoms with Crippen molar-refractivity contribution >= 4 is 64.8 Å². The lowest BCUT2D eigenvalue weighted by Gasteiger charge is -2.41. The lowest BCUT2D eigenvalue weighted by atomic mass is 9.82. The van der Waals surface area contributed by atoms with Crippen LogP contribution < -0.4 is 27.0 Å². The van der Waals surface area contributed by atoms with Crippen LogP contribution in [0.2, 0.25) is 0 Å². The van der Waals surface area contributed by atoms with Gasteiger partial charge in [-0.1, -0.05) is 58.0 Å². The number of alkyl halides is 3. The van der Waals surface area contributed by atoms with Gasteiger partial charge in [-0.05, 0) is 67.1 Å². The highest BCUT2D eigenvalue weighted by Gasteiger charge is 2.40. The van der Waals surface area contributed by atoms with E-state index < -0.39 is 144 Å². The SMILES string of the molecule is C[C@H](CC(=O)[C@H](C)NC(=O)c1ccncc1)C(=O)N[C@@H](CC(N)=O)C(=O)N[C@@H](CCN(C(=O)CO)[C@@H](c1cc(-c2cc(F)ccc2F)cn1Cc1ccccc1)C(C)(C)C)C(=O)NCCCC(=O)CN1C(=O)C=CC1=O.O=C(O)C(F)(F)F. The number of nitrogens with two attached hydrogens (primary N) is 1. The van der Waals surface area contributed by atoms with E-state index in [1.54, 1.807) is 16.8 Å². The number of aliphatic hydroxyl groups is 1. The summed E-state index contributed by atoms with van der Waals surface area (Å²) in [5.41, 5.74) is 6.34. The van der Waals surface area contributed by atoms with E-state index in [0.29, 0.717) is 5.69 Å². The number of nitrogens with one attached hydrogen (secondary N) is 4. The van der Waals surface area contributed by atoms with Crippen molar-refractivity contribution in [1.82, 2.24) is 40.6 Å². The fourth-order valence-electron chi connectivity index (χ4n) is 8.53. The first-order valence-electron chi connectivity index (χ1n) is 25.8. The molecule has 3 heterocycles. The van der Waals surface area contributed by atoms with Crippen LogP contribution in [0.25, 0.3) is 11.1 Å². The van der Waals surface area contributed by atoms with E-state index in [1.165, 1.54) is 43.3 Å². The molecule has 22 nitrogen and oxygen atoms in total. The van der Waals surface area contributed by atoms with Gasteiger partial charge in [0.1, 0.15) is 30.3 Å². The van der Waals surface area contributed by atoms with E-state index in [9.17, 15) is 70.6 Å². The smallest absolute Gasteiger partial charge is 0.475 e. The zero-order chi connectivity index (χ0) is 61.9. The van der Waals surface area contributed by atoms with Gasteiger partial charge in [0.15, 0.2) is 11.6 Å². The van der Waals surface area contributed by atoms with Gasteiger partial charge < -0.3 is 46.7 Å². The minimum Gasteiger partial charge on any atom is -0.475 e. The number of hydrogen-bond donors (Lipinski definition) is 7. The minimum atomic E-state index is -5.08. The van der Waals surface area contributed by atoms with Crippen molar-refractivity contribution in [3.63, 3.8) is 0 Å². The highest BCUT2D eigenvalue weighted by molar-refractivity contribution is 6.14. The van der Waals surface area contributed by atoms with Crippen molar-refractivity contribution in [1.29, 1.82) is 0 Å². The number of carboxylic acids is 1. The van der Waals surface area contributed by atoms with Gasteiger partial charge in [0, 0.05) is 91.5 Å². The number of carbonyl (C=O) groups is 11. The Morgan fingerprint density at radius 1 is 0.795 bits per heavy atom. The number of carbonyl (C=O) groups excluding carboxylic acids is 10. The predicted molar refractivity (Wildman–Crippen MR) is 285 cm³/mol. The van der Waals surface area contributed by atoms with Crippen molar-refractivity contribution in [2.45, 2.75) is 104 Å². The van der Waals surface area contributed by atoms with Crippen LogP contribution in [0.15, 0.2) is 97.5 Å². The van der Waals surface area contributed by atoms with Crippen molar-refractivity contribution in [2.24, 2.45) is 17.1 Å². The Balaban J connectivity index is 0.00000198. The largest absolute Gasteiger partial charge is 0.490 e. The first-order valence-corrected chi connectivity index (χ1v) is 25.8. The maximum Gasteiger partial charge on any atom is 0.490 e. The van der Waals surface area contributed by atoms with Gasteiger partial charge in [-0.15, -0.1) is 0 Å². The Hall–Kier alpha value is -9.01. The van der Waals surface area contributed by atoms with Crippen LogP contribution in [-0.4, -0.2) is 145 Å². The van der Waals surface area contributed by atoms with Crippen LogP contribution in [0.5, 0.6) is 0 Å². The Bertz CT molecular complexity index is 3040. The predicted octanol–water partition coefficient (Wildman–Crippen LogP) is 3.46. The third-order valence-electron chi connectivity index (χ3n) is 12.7. The lowest BCUT2D eigenvalue weighted by Crippen LogP contribution is -2.56. The van der Waals surface area contributed by atoms with Crippen LogP contribution in [0.4, 0.5) is 22.0 Å². The number of rotatable bonds is 27. The Labute approximate surface area is 473 Å². The Morgan fingerprint density at radius 3 is 1.99 bits per heavy atom. The molecule has 8 N–H and O–H groups in total. The average Bonchev–Trinajstić information content (AvgIpc) is 2.63. The molecule has 1 aliphatic heterocycles. The van der Waals surface area contributed by atoms with Crippen LogP contribution in [0.1, 0.15) is 94.4 Å². The lowest BCUT2D eigenvalue weighted by molar-refractivity contribution is -0.192. The molecule has 83 heavy (non-hydrogen) atoms. The third-order valence-corrected chi connectivity index (χ3v) is 12.7. The molecule has 2 aromatic heterocycles. The number of aliphatic hydroxyl groups excluding tert-OH is 1. The monoisotopic (exact) mass is 1170 g/mol. The molecule has 446 valence electrons.